The number of hydrogen-bond acceptors (Lipinski definition) is 4. The predicted octanol–water partition coefficient (Wildman–Crippen LogP) is 2.42. The Bertz CT molecular complexity index is 540. The van der Waals surface area contributed by atoms with E-state index >= 15 is 0 Å². The summed E-state index contributed by atoms with van der Waals surface area (Å²) in [5.41, 5.74) is 1.03. The molecular weight excluding hydrogens is 276 g/mol. The highest BCUT2D eigenvalue weighted by Gasteiger charge is 2.13. The van der Waals surface area contributed by atoms with Gasteiger partial charge in [0, 0.05) is 31.2 Å². The molecule has 1 amide bonds. The van der Waals surface area contributed by atoms with Gasteiger partial charge in [-0.25, -0.2) is 0 Å². The van der Waals surface area contributed by atoms with E-state index in [4.69, 9.17) is 5.26 Å². The van der Waals surface area contributed by atoms with Crippen molar-refractivity contribution in [1.29, 1.82) is 5.26 Å². The summed E-state index contributed by atoms with van der Waals surface area (Å²) in [5, 5.41) is 15.1. The highest BCUT2D eigenvalue weighted by molar-refractivity contribution is 5.97. The van der Waals surface area contributed by atoms with Crippen LogP contribution in [0, 0.1) is 11.3 Å². The van der Waals surface area contributed by atoms with Crippen LogP contribution >= 0.6 is 0 Å². The van der Waals surface area contributed by atoms with Crippen molar-refractivity contribution in [2.24, 2.45) is 0 Å². The number of nitrogens with zero attached hydrogens (tertiary/aromatic N) is 2. The molecule has 0 atom stereocenters. The van der Waals surface area contributed by atoms with E-state index in [0.717, 1.165) is 18.4 Å². The molecule has 1 heterocycles. The lowest BCUT2D eigenvalue weighted by molar-refractivity contribution is -0.117. The molecule has 2 rings (SSSR count). The van der Waals surface area contributed by atoms with E-state index in [1.54, 1.807) is 18.6 Å². The normalized spacial score (nSPS) is 16.4. The highest BCUT2D eigenvalue weighted by Crippen LogP contribution is 2.17. The smallest absolute Gasteiger partial charge is 0.263 e. The molecule has 22 heavy (non-hydrogen) atoms. The molecule has 1 aromatic rings. The molecule has 1 saturated carbocycles. The average molecular weight is 298 g/mol. The van der Waals surface area contributed by atoms with Crippen molar-refractivity contribution in [3.63, 3.8) is 0 Å². The highest BCUT2D eigenvalue weighted by atomic mass is 16.1. The van der Waals surface area contributed by atoms with Crippen molar-refractivity contribution in [2.45, 2.75) is 51.1 Å². The quantitative estimate of drug-likeness (QED) is 0.497. The van der Waals surface area contributed by atoms with Gasteiger partial charge in [-0.05, 0) is 24.5 Å². The number of rotatable bonds is 5. The van der Waals surface area contributed by atoms with E-state index in [1.165, 1.54) is 25.7 Å². The number of amides is 1. The number of aromatic nitrogens is 1. The van der Waals surface area contributed by atoms with Gasteiger partial charge in [-0.1, -0.05) is 31.7 Å². The molecule has 1 aliphatic carbocycles. The van der Waals surface area contributed by atoms with Crippen molar-refractivity contribution in [1.82, 2.24) is 15.6 Å². The summed E-state index contributed by atoms with van der Waals surface area (Å²) in [7, 11) is 0. The Morgan fingerprint density at radius 2 is 2.14 bits per heavy atom. The first-order valence-electron chi connectivity index (χ1n) is 7.83. The molecule has 0 radical (unpaired) electrons. The Balaban J connectivity index is 1.85. The van der Waals surface area contributed by atoms with Crippen LogP contribution < -0.4 is 10.6 Å². The first kappa shape index (κ1) is 16.0. The van der Waals surface area contributed by atoms with Gasteiger partial charge in [0.25, 0.3) is 5.91 Å². The van der Waals surface area contributed by atoms with Gasteiger partial charge >= 0.3 is 0 Å². The first-order chi connectivity index (χ1) is 10.8. The van der Waals surface area contributed by atoms with Crippen LogP contribution in [0.25, 0.3) is 0 Å². The third kappa shape index (κ3) is 5.21. The van der Waals surface area contributed by atoms with Gasteiger partial charge < -0.3 is 10.6 Å². The topological polar surface area (TPSA) is 77.8 Å². The molecule has 2 N–H and O–H groups in total. The summed E-state index contributed by atoms with van der Waals surface area (Å²) in [5.74, 6) is -0.354. The zero-order valence-electron chi connectivity index (χ0n) is 12.7. The lowest BCUT2D eigenvalue weighted by atomic mass is 10.1. The fourth-order valence-corrected chi connectivity index (χ4v) is 2.58. The van der Waals surface area contributed by atoms with Gasteiger partial charge in [0.15, 0.2) is 0 Å². The van der Waals surface area contributed by atoms with Crippen LogP contribution in [0.5, 0.6) is 0 Å². The van der Waals surface area contributed by atoms with Gasteiger partial charge in [-0.2, -0.15) is 5.26 Å². The van der Waals surface area contributed by atoms with Crippen LogP contribution in [0.4, 0.5) is 0 Å². The molecular formula is C17H22N4O. The number of nitrogens with one attached hydrogen (secondary N) is 2. The Morgan fingerprint density at radius 3 is 2.77 bits per heavy atom. The molecule has 1 aliphatic rings. The van der Waals surface area contributed by atoms with Gasteiger partial charge in [-0.15, -0.1) is 0 Å². The Hall–Kier alpha value is -2.35. The summed E-state index contributed by atoms with van der Waals surface area (Å²) >= 11 is 0. The maximum Gasteiger partial charge on any atom is 0.263 e. The van der Waals surface area contributed by atoms with Gasteiger partial charge in [0.1, 0.15) is 11.6 Å². The van der Waals surface area contributed by atoms with E-state index in [9.17, 15) is 4.79 Å². The second-order valence-electron chi connectivity index (χ2n) is 5.57. The molecule has 0 saturated heterocycles. The second-order valence-corrected chi connectivity index (χ2v) is 5.57. The standard InChI is InChI=1S/C17H22N4O/c18-10-15(13-20-16-7-3-1-2-4-8-16)17(22)21-12-14-6-5-9-19-11-14/h5-6,9,11,13,16,20H,1-4,7-8,12H2,(H,21,22)/b15-13-. The van der Waals surface area contributed by atoms with Crippen molar-refractivity contribution in [2.75, 3.05) is 0 Å². The summed E-state index contributed by atoms with van der Waals surface area (Å²) in [6.07, 6.45) is 12.1. The molecule has 0 aliphatic heterocycles. The van der Waals surface area contributed by atoms with Crippen LogP contribution in [0.15, 0.2) is 36.3 Å². The number of carbonyl (C=O) groups is 1. The van der Waals surface area contributed by atoms with Gasteiger partial charge in [-0.3, -0.25) is 9.78 Å². The fourth-order valence-electron chi connectivity index (χ4n) is 2.58. The maximum absolute atomic E-state index is 12.0. The SMILES string of the molecule is N#C/C(=C/NC1CCCCCC1)C(=O)NCc1cccnc1. The summed E-state index contributed by atoms with van der Waals surface area (Å²) < 4.78 is 0. The molecule has 5 heteroatoms. The van der Waals surface area contributed by atoms with Gasteiger partial charge in [0.2, 0.25) is 0 Å². The van der Waals surface area contributed by atoms with Crippen LogP contribution in [-0.4, -0.2) is 16.9 Å². The lowest BCUT2D eigenvalue weighted by Gasteiger charge is -2.14. The summed E-state index contributed by atoms with van der Waals surface area (Å²) in [6.45, 7) is 0.370. The van der Waals surface area contributed by atoms with Crippen LogP contribution in [0.3, 0.4) is 0 Å². The largest absolute Gasteiger partial charge is 0.387 e. The average Bonchev–Trinajstić information content (AvgIpc) is 2.83. The Labute approximate surface area is 131 Å². The number of pyridine rings is 1. The van der Waals surface area contributed by atoms with Crippen LogP contribution in [0.2, 0.25) is 0 Å². The first-order valence-corrected chi connectivity index (χ1v) is 7.83. The Kier molecular flexibility index (Phi) is 6.43. The number of nitriles is 1. The summed E-state index contributed by atoms with van der Waals surface area (Å²) in [6, 6.07) is 6.03. The van der Waals surface area contributed by atoms with E-state index in [2.05, 4.69) is 15.6 Å². The van der Waals surface area contributed by atoms with Gasteiger partial charge in [0.05, 0.1) is 0 Å². The zero-order valence-corrected chi connectivity index (χ0v) is 12.7. The van der Waals surface area contributed by atoms with Crippen LogP contribution in [-0.2, 0) is 11.3 Å². The van der Waals surface area contributed by atoms with Crippen molar-refractivity contribution < 1.29 is 4.79 Å². The third-order valence-electron chi connectivity index (χ3n) is 3.86. The minimum absolute atomic E-state index is 0.119. The molecule has 0 spiro atoms. The van der Waals surface area contributed by atoms with Crippen molar-refractivity contribution >= 4 is 5.91 Å². The molecule has 0 unspecified atom stereocenters. The van der Waals surface area contributed by atoms with Crippen molar-refractivity contribution in [3.8, 4) is 6.07 Å². The summed E-state index contributed by atoms with van der Waals surface area (Å²) in [4.78, 5) is 16.0. The van der Waals surface area contributed by atoms with E-state index < -0.39 is 0 Å². The van der Waals surface area contributed by atoms with E-state index in [-0.39, 0.29) is 11.5 Å². The van der Waals surface area contributed by atoms with Crippen molar-refractivity contribution in [3.05, 3.63) is 41.9 Å². The minimum Gasteiger partial charge on any atom is -0.387 e. The molecule has 5 nitrogen and oxygen atoms in total. The molecule has 0 aromatic carbocycles. The zero-order chi connectivity index (χ0) is 15.6. The monoisotopic (exact) mass is 298 g/mol. The predicted molar refractivity (Wildman–Crippen MR) is 84.4 cm³/mol. The number of carbonyl (C=O) groups excluding carboxylic acids is 1. The third-order valence-corrected chi connectivity index (χ3v) is 3.86. The lowest BCUT2D eigenvalue weighted by Crippen LogP contribution is -2.28. The fraction of sp³-hybridized carbons (Fsp3) is 0.471. The second kappa shape index (κ2) is 8.83. The maximum atomic E-state index is 12.0. The molecule has 1 aromatic heterocycles. The van der Waals surface area contributed by atoms with Crippen LogP contribution in [0.1, 0.15) is 44.1 Å². The van der Waals surface area contributed by atoms with E-state index in [1.807, 2.05) is 18.2 Å². The van der Waals surface area contributed by atoms with E-state index in [0.29, 0.717) is 12.6 Å². The number of hydrogen-bond donors (Lipinski definition) is 2. The molecule has 1 fully saturated rings. The Morgan fingerprint density at radius 1 is 1.36 bits per heavy atom. The minimum atomic E-state index is -0.354. The molecule has 116 valence electrons. The molecule has 0 bridgehead atoms.